The molecule has 3 aromatic rings. The molecule has 0 aliphatic carbocycles. The second-order valence-corrected chi connectivity index (χ2v) is 9.69. The van der Waals surface area contributed by atoms with Crippen LogP contribution in [-0.4, -0.2) is 49.9 Å². The molecule has 3 unspecified atom stereocenters. The molecule has 29 heavy (non-hydrogen) atoms. The molecule has 2 aromatic heterocycles. The van der Waals surface area contributed by atoms with Crippen LogP contribution in [0.5, 0.6) is 0 Å². The number of nitrogens with zero attached hydrogens (tertiary/aromatic N) is 2. The summed E-state index contributed by atoms with van der Waals surface area (Å²) in [6.45, 7) is 3.11. The third-order valence-corrected chi connectivity index (χ3v) is 7.36. The van der Waals surface area contributed by atoms with E-state index in [4.69, 9.17) is 4.42 Å². The zero-order valence-corrected chi connectivity index (χ0v) is 16.6. The van der Waals surface area contributed by atoms with Crippen molar-refractivity contribution in [1.82, 2.24) is 15.2 Å². The first-order valence-corrected chi connectivity index (χ1v) is 11.2. The van der Waals surface area contributed by atoms with Crippen molar-refractivity contribution in [3.8, 4) is 0 Å². The maximum absolute atomic E-state index is 12.8. The highest BCUT2D eigenvalue weighted by Crippen LogP contribution is 2.29. The first kappa shape index (κ1) is 18.3. The number of furan rings is 1. The van der Waals surface area contributed by atoms with Crippen LogP contribution in [0, 0.1) is 5.92 Å². The maximum Gasteiger partial charge on any atom is 0.270 e. The molecule has 4 heterocycles. The molecule has 8 heteroatoms. The first-order valence-electron chi connectivity index (χ1n) is 9.72. The average molecular weight is 411 g/mol. The lowest BCUT2D eigenvalue weighted by molar-refractivity contribution is 0.0904. The molecule has 0 radical (unpaired) electrons. The molecule has 3 atom stereocenters. The highest BCUT2D eigenvalue weighted by atomic mass is 32.2. The predicted molar refractivity (Wildman–Crippen MR) is 106 cm³/mol. The lowest BCUT2D eigenvalue weighted by Gasteiger charge is -2.30. The van der Waals surface area contributed by atoms with E-state index in [0.717, 1.165) is 26.1 Å². The molecule has 7 nitrogen and oxygen atoms in total. The van der Waals surface area contributed by atoms with E-state index in [0.29, 0.717) is 16.9 Å². The standard InChI is InChI=1S/C21H21N3O4S/c25-21(23-16-8-14-6-7-24(12-14)13-16)18-9-15-10-20(28-19(15)11-22-18)29(26,27)17-4-2-1-3-5-17/h1-5,9-11,14,16H,6-8,12-13H2,(H,23,25). The van der Waals surface area contributed by atoms with Crippen molar-refractivity contribution in [3.05, 3.63) is 54.4 Å². The van der Waals surface area contributed by atoms with Gasteiger partial charge in [0.2, 0.25) is 14.9 Å². The summed E-state index contributed by atoms with van der Waals surface area (Å²) in [6, 6.07) is 11.3. The van der Waals surface area contributed by atoms with E-state index < -0.39 is 9.84 Å². The van der Waals surface area contributed by atoms with Crippen LogP contribution in [0.2, 0.25) is 0 Å². The minimum absolute atomic E-state index is 0.125. The number of sulfone groups is 1. The number of nitrogens with one attached hydrogen (secondary N) is 1. The quantitative estimate of drug-likeness (QED) is 0.709. The zero-order chi connectivity index (χ0) is 20.0. The number of aromatic nitrogens is 1. The van der Waals surface area contributed by atoms with Crippen LogP contribution < -0.4 is 5.32 Å². The fourth-order valence-electron chi connectivity index (χ4n) is 4.32. The van der Waals surface area contributed by atoms with Gasteiger partial charge in [0, 0.05) is 30.6 Å². The Labute approximate surface area is 168 Å². The van der Waals surface area contributed by atoms with Crippen LogP contribution in [0.3, 0.4) is 0 Å². The number of pyridine rings is 1. The highest BCUT2D eigenvalue weighted by Gasteiger charge is 2.33. The average Bonchev–Trinajstić information content (AvgIpc) is 3.31. The topological polar surface area (TPSA) is 92.5 Å². The number of amides is 1. The van der Waals surface area contributed by atoms with Crippen molar-refractivity contribution in [3.63, 3.8) is 0 Å². The Morgan fingerprint density at radius 2 is 2.00 bits per heavy atom. The minimum atomic E-state index is -3.76. The minimum Gasteiger partial charge on any atom is -0.443 e. The molecular weight excluding hydrogens is 390 g/mol. The van der Waals surface area contributed by atoms with Gasteiger partial charge in [-0.1, -0.05) is 18.2 Å². The van der Waals surface area contributed by atoms with Crippen molar-refractivity contribution < 1.29 is 17.6 Å². The molecule has 1 N–H and O–H groups in total. The van der Waals surface area contributed by atoms with Gasteiger partial charge in [0.1, 0.15) is 5.69 Å². The molecule has 1 aromatic carbocycles. The Morgan fingerprint density at radius 3 is 2.79 bits per heavy atom. The maximum atomic E-state index is 12.8. The van der Waals surface area contributed by atoms with Crippen LogP contribution >= 0.6 is 0 Å². The fourth-order valence-corrected chi connectivity index (χ4v) is 5.55. The second-order valence-electron chi connectivity index (χ2n) is 7.81. The van der Waals surface area contributed by atoms with E-state index in [1.54, 1.807) is 24.3 Å². The zero-order valence-electron chi connectivity index (χ0n) is 15.7. The largest absolute Gasteiger partial charge is 0.443 e. The van der Waals surface area contributed by atoms with Gasteiger partial charge in [0.05, 0.1) is 11.1 Å². The van der Waals surface area contributed by atoms with Gasteiger partial charge >= 0.3 is 0 Å². The summed E-state index contributed by atoms with van der Waals surface area (Å²) < 4.78 is 31.0. The summed E-state index contributed by atoms with van der Waals surface area (Å²) in [7, 11) is -3.76. The molecule has 2 bridgehead atoms. The van der Waals surface area contributed by atoms with Gasteiger partial charge in [-0.15, -0.1) is 0 Å². The Bertz CT molecular complexity index is 1160. The molecule has 2 saturated heterocycles. The lowest BCUT2D eigenvalue weighted by atomic mass is 9.97. The van der Waals surface area contributed by atoms with Gasteiger partial charge in [-0.05, 0) is 43.5 Å². The predicted octanol–water partition coefficient (Wildman–Crippen LogP) is 2.48. The number of fused-ring (bicyclic) bond motifs is 3. The summed E-state index contributed by atoms with van der Waals surface area (Å²) in [4.78, 5) is 19.4. The van der Waals surface area contributed by atoms with Gasteiger partial charge < -0.3 is 14.6 Å². The van der Waals surface area contributed by atoms with E-state index in [9.17, 15) is 13.2 Å². The van der Waals surface area contributed by atoms with E-state index in [1.807, 2.05) is 0 Å². The smallest absolute Gasteiger partial charge is 0.270 e. The third-order valence-electron chi connectivity index (χ3n) is 5.73. The van der Waals surface area contributed by atoms with Crippen molar-refractivity contribution in [2.45, 2.75) is 28.9 Å². The van der Waals surface area contributed by atoms with Crippen LogP contribution in [0.25, 0.3) is 11.0 Å². The number of hydrogen-bond donors (Lipinski definition) is 1. The molecule has 2 aliphatic rings. The fraction of sp³-hybridized carbons (Fsp3) is 0.333. The van der Waals surface area contributed by atoms with Crippen molar-refractivity contribution >= 4 is 26.7 Å². The molecule has 2 aliphatic heterocycles. The summed E-state index contributed by atoms with van der Waals surface area (Å²) in [5, 5.41) is 3.45. The Morgan fingerprint density at radius 1 is 1.17 bits per heavy atom. The summed E-state index contributed by atoms with van der Waals surface area (Å²) in [6.07, 6.45) is 3.60. The SMILES string of the molecule is O=C(NC1CC2CCN(C2)C1)c1cc2cc(S(=O)(=O)c3ccccc3)oc2cn1. The highest BCUT2D eigenvalue weighted by molar-refractivity contribution is 7.91. The van der Waals surface area contributed by atoms with Crippen LogP contribution in [0.15, 0.2) is 63.1 Å². The van der Waals surface area contributed by atoms with E-state index in [-0.39, 0.29) is 27.6 Å². The van der Waals surface area contributed by atoms with Gasteiger partial charge in [0.25, 0.3) is 5.91 Å². The monoisotopic (exact) mass is 411 g/mol. The molecule has 2 fully saturated rings. The number of rotatable bonds is 4. The number of carbonyl (C=O) groups is 1. The van der Waals surface area contributed by atoms with Gasteiger partial charge in [-0.2, -0.15) is 0 Å². The van der Waals surface area contributed by atoms with Gasteiger partial charge in [0.15, 0.2) is 5.58 Å². The van der Waals surface area contributed by atoms with E-state index >= 15 is 0 Å². The summed E-state index contributed by atoms with van der Waals surface area (Å²) in [5.41, 5.74) is 0.591. The molecular formula is C21H21N3O4S. The number of benzene rings is 1. The normalized spacial score (nSPS) is 23.9. The number of piperidine rings is 1. The molecule has 0 saturated carbocycles. The van der Waals surface area contributed by atoms with E-state index in [1.165, 1.54) is 30.8 Å². The third kappa shape index (κ3) is 3.42. The Hall–Kier alpha value is -2.71. The molecule has 1 amide bonds. The molecule has 5 rings (SSSR count). The second kappa shape index (κ2) is 6.96. The van der Waals surface area contributed by atoms with Gasteiger partial charge in [-0.3, -0.25) is 4.79 Å². The van der Waals surface area contributed by atoms with E-state index in [2.05, 4.69) is 15.2 Å². The number of carbonyl (C=O) groups excluding carboxylic acids is 1. The van der Waals surface area contributed by atoms with Gasteiger partial charge in [-0.25, -0.2) is 13.4 Å². The summed E-state index contributed by atoms with van der Waals surface area (Å²) in [5.74, 6) is 0.414. The molecule has 0 spiro atoms. The number of hydrogen-bond acceptors (Lipinski definition) is 6. The van der Waals surface area contributed by atoms with Crippen LogP contribution in [-0.2, 0) is 9.84 Å². The van der Waals surface area contributed by atoms with Crippen LogP contribution in [0.1, 0.15) is 23.3 Å². The van der Waals surface area contributed by atoms with Crippen molar-refractivity contribution in [2.75, 3.05) is 19.6 Å². The summed E-state index contributed by atoms with van der Waals surface area (Å²) >= 11 is 0. The lowest BCUT2D eigenvalue weighted by Crippen LogP contribution is -2.47. The van der Waals surface area contributed by atoms with Crippen molar-refractivity contribution in [2.24, 2.45) is 5.92 Å². The Balaban J connectivity index is 1.39. The Kier molecular flexibility index (Phi) is 4.40. The van der Waals surface area contributed by atoms with Crippen molar-refractivity contribution in [1.29, 1.82) is 0 Å². The molecule has 150 valence electrons. The first-order chi connectivity index (χ1) is 14.0. The van der Waals surface area contributed by atoms with Crippen LogP contribution in [0.4, 0.5) is 0 Å².